The second-order valence-electron chi connectivity index (χ2n) is 5.26. The van der Waals surface area contributed by atoms with Gasteiger partial charge in [-0.2, -0.15) is 0 Å². The van der Waals surface area contributed by atoms with Crippen molar-refractivity contribution in [3.8, 4) is 0 Å². The van der Waals surface area contributed by atoms with E-state index in [1.165, 1.54) is 6.42 Å². The highest BCUT2D eigenvalue weighted by molar-refractivity contribution is 9.10. The normalized spacial score (nSPS) is 17.4. The second-order valence-corrected chi connectivity index (χ2v) is 6.18. The van der Waals surface area contributed by atoms with Crippen LogP contribution in [0.4, 0.5) is 0 Å². The minimum Gasteiger partial charge on any atom is -0.368 e. The van der Waals surface area contributed by atoms with Crippen LogP contribution in [0.5, 0.6) is 0 Å². The smallest absolute Gasteiger partial charge is 0.251 e. The zero-order valence-electron chi connectivity index (χ0n) is 11.3. The standard InChI is InChI=1S/C15H19BrN2O2/c16-12-8-4-7-11(9-12)15(20)18-13(14(17)19)10-5-2-1-3-6-10/h4,7-10,13H,1-3,5-6H2,(H2,17,19)(H,18,20)/t13-/m1/s1. The SMILES string of the molecule is NC(=O)[C@H](NC(=O)c1cccc(Br)c1)C1CCCCC1. The minimum atomic E-state index is -0.568. The van der Waals surface area contributed by atoms with Gasteiger partial charge in [-0.25, -0.2) is 0 Å². The molecule has 0 heterocycles. The number of halogens is 1. The highest BCUT2D eigenvalue weighted by atomic mass is 79.9. The summed E-state index contributed by atoms with van der Waals surface area (Å²) in [7, 11) is 0. The van der Waals surface area contributed by atoms with Gasteiger partial charge in [-0.3, -0.25) is 9.59 Å². The number of hydrogen-bond acceptors (Lipinski definition) is 2. The Hall–Kier alpha value is -1.36. The van der Waals surface area contributed by atoms with Gasteiger partial charge in [0, 0.05) is 10.0 Å². The minimum absolute atomic E-state index is 0.164. The van der Waals surface area contributed by atoms with Crippen LogP contribution < -0.4 is 11.1 Å². The van der Waals surface area contributed by atoms with Gasteiger partial charge in [-0.05, 0) is 37.0 Å². The van der Waals surface area contributed by atoms with Gasteiger partial charge in [0.05, 0.1) is 0 Å². The summed E-state index contributed by atoms with van der Waals surface area (Å²) < 4.78 is 0.832. The van der Waals surface area contributed by atoms with Gasteiger partial charge in [-0.15, -0.1) is 0 Å². The molecular formula is C15H19BrN2O2. The van der Waals surface area contributed by atoms with E-state index >= 15 is 0 Å². The third-order valence-electron chi connectivity index (χ3n) is 3.80. The Balaban J connectivity index is 2.07. The van der Waals surface area contributed by atoms with Crippen molar-refractivity contribution in [3.05, 3.63) is 34.3 Å². The Morgan fingerprint density at radius 1 is 1.25 bits per heavy atom. The first-order valence-electron chi connectivity index (χ1n) is 6.93. The predicted molar refractivity (Wildman–Crippen MR) is 81.2 cm³/mol. The van der Waals surface area contributed by atoms with E-state index in [1.807, 2.05) is 6.07 Å². The molecule has 20 heavy (non-hydrogen) atoms. The Labute approximate surface area is 127 Å². The average Bonchev–Trinajstić information content (AvgIpc) is 2.45. The fourth-order valence-corrected chi connectivity index (χ4v) is 3.14. The summed E-state index contributed by atoms with van der Waals surface area (Å²) in [6.45, 7) is 0. The first-order valence-corrected chi connectivity index (χ1v) is 7.73. The molecule has 1 fully saturated rings. The third kappa shape index (κ3) is 3.82. The summed E-state index contributed by atoms with van der Waals surface area (Å²) in [5.74, 6) is -0.529. The van der Waals surface area contributed by atoms with Gasteiger partial charge >= 0.3 is 0 Å². The van der Waals surface area contributed by atoms with Crippen molar-refractivity contribution in [2.24, 2.45) is 11.7 Å². The molecule has 0 aliphatic heterocycles. The lowest BCUT2D eigenvalue weighted by Crippen LogP contribution is -2.49. The molecule has 0 aromatic heterocycles. The monoisotopic (exact) mass is 338 g/mol. The topological polar surface area (TPSA) is 72.2 Å². The van der Waals surface area contributed by atoms with Crippen LogP contribution in [0.25, 0.3) is 0 Å². The second kappa shape index (κ2) is 6.88. The fraction of sp³-hybridized carbons (Fsp3) is 0.467. The Kier molecular flexibility index (Phi) is 5.17. The van der Waals surface area contributed by atoms with E-state index in [0.29, 0.717) is 5.56 Å². The molecule has 108 valence electrons. The maximum Gasteiger partial charge on any atom is 0.251 e. The van der Waals surface area contributed by atoms with Gasteiger partial charge in [0.15, 0.2) is 0 Å². The van der Waals surface area contributed by atoms with E-state index in [-0.39, 0.29) is 11.8 Å². The van der Waals surface area contributed by atoms with Crippen molar-refractivity contribution in [1.82, 2.24) is 5.32 Å². The van der Waals surface area contributed by atoms with Crippen LogP contribution in [-0.4, -0.2) is 17.9 Å². The summed E-state index contributed by atoms with van der Waals surface area (Å²) in [5.41, 5.74) is 5.99. The summed E-state index contributed by atoms with van der Waals surface area (Å²) in [4.78, 5) is 23.8. The van der Waals surface area contributed by atoms with Crippen LogP contribution in [0.3, 0.4) is 0 Å². The number of carbonyl (C=O) groups is 2. The van der Waals surface area contributed by atoms with Crippen molar-refractivity contribution >= 4 is 27.7 Å². The van der Waals surface area contributed by atoms with Gasteiger partial charge in [0.1, 0.15) is 6.04 Å². The number of nitrogens with one attached hydrogen (secondary N) is 1. The Morgan fingerprint density at radius 3 is 2.55 bits per heavy atom. The molecule has 1 aliphatic rings. The fourth-order valence-electron chi connectivity index (χ4n) is 2.74. The van der Waals surface area contributed by atoms with Crippen LogP contribution in [0.2, 0.25) is 0 Å². The van der Waals surface area contributed by atoms with Crippen LogP contribution in [0, 0.1) is 5.92 Å². The van der Waals surface area contributed by atoms with Gasteiger partial charge in [-0.1, -0.05) is 41.3 Å². The number of rotatable bonds is 4. The molecule has 2 rings (SSSR count). The van der Waals surface area contributed by atoms with Gasteiger partial charge < -0.3 is 11.1 Å². The third-order valence-corrected chi connectivity index (χ3v) is 4.29. The van der Waals surface area contributed by atoms with Crippen molar-refractivity contribution in [3.63, 3.8) is 0 Å². The number of primary amides is 1. The molecule has 5 heteroatoms. The van der Waals surface area contributed by atoms with E-state index in [1.54, 1.807) is 18.2 Å². The van der Waals surface area contributed by atoms with E-state index in [9.17, 15) is 9.59 Å². The van der Waals surface area contributed by atoms with Crippen LogP contribution >= 0.6 is 15.9 Å². The average molecular weight is 339 g/mol. The molecular weight excluding hydrogens is 320 g/mol. The molecule has 1 saturated carbocycles. The molecule has 3 N–H and O–H groups in total. The number of carbonyl (C=O) groups excluding carboxylic acids is 2. The number of hydrogen-bond donors (Lipinski definition) is 2. The predicted octanol–water partition coefficient (Wildman–Crippen LogP) is 2.61. The molecule has 1 aromatic carbocycles. The van der Waals surface area contributed by atoms with Gasteiger partial charge in [0.2, 0.25) is 5.91 Å². The van der Waals surface area contributed by atoms with Gasteiger partial charge in [0.25, 0.3) is 5.91 Å². The number of benzene rings is 1. The molecule has 4 nitrogen and oxygen atoms in total. The highest BCUT2D eigenvalue weighted by Gasteiger charge is 2.29. The Bertz CT molecular complexity index is 498. The Morgan fingerprint density at radius 2 is 1.95 bits per heavy atom. The van der Waals surface area contributed by atoms with Crippen LogP contribution in [0.1, 0.15) is 42.5 Å². The van der Waals surface area contributed by atoms with E-state index in [4.69, 9.17) is 5.73 Å². The maximum atomic E-state index is 12.2. The zero-order valence-corrected chi connectivity index (χ0v) is 12.9. The van der Waals surface area contributed by atoms with E-state index in [2.05, 4.69) is 21.2 Å². The summed E-state index contributed by atoms with van der Waals surface area (Å²) >= 11 is 3.33. The summed E-state index contributed by atoms with van der Waals surface area (Å²) in [6, 6.07) is 6.53. The maximum absolute atomic E-state index is 12.2. The quantitative estimate of drug-likeness (QED) is 0.885. The lowest BCUT2D eigenvalue weighted by Gasteiger charge is -2.28. The molecule has 0 radical (unpaired) electrons. The van der Waals surface area contributed by atoms with Crippen LogP contribution in [0.15, 0.2) is 28.7 Å². The molecule has 0 saturated heterocycles. The molecule has 0 unspecified atom stereocenters. The molecule has 2 amide bonds. The number of nitrogens with two attached hydrogens (primary N) is 1. The van der Waals surface area contributed by atoms with E-state index in [0.717, 1.165) is 30.2 Å². The number of amides is 2. The van der Waals surface area contributed by atoms with Crippen molar-refractivity contribution in [1.29, 1.82) is 0 Å². The van der Waals surface area contributed by atoms with Crippen LogP contribution in [-0.2, 0) is 4.79 Å². The molecule has 0 spiro atoms. The largest absolute Gasteiger partial charge is 0.368 e. The molecule has 1 aliphatic carbocycles. The summed E-state index contributed by atoms with van der Waals surface area (Å²) in [6.07, 6.45) is 5.29. The lowest BCUT2D eigenvalue weighted by molar-refractivity contribution is -0.121. The molecule has 1 atom stereocenters. The zero-order chi connectivity index (χ0) is 14.5. The molecule has 1 aromatic rings. The van der Waals surface area contributed by atoms with Crippen molar-refractivity contribution in [2.45, 2.75) is 38.1 Å². The van der Waals surface area contributed by atoms with Crippen molar-refractivity contribution < 1.29 is 9.59 Å². The first-order chi connectivity index (χ1) is 9.58. The molecule has 0 bridgehead atoms. The summed E-state index contributed by atoms with van der Waals surface area (Å²) in [5, 5.41) is 2.80. The first kappa shape index (κ1) is 15.0. The lowest BCUT2D eigenvalue weighted by atomic mass is 9.83. The highest BCUT2D eigenvalue weighted by Crippen LogP contribution is 2.26. The van der Waals surface area contributed by atoms with Crippen molar-refractivity contribution in [2.75, 3.05) is 0 Å². The van der Waals surface area contributed by atoms with E-state index < -0.39 is 11.9 Å².